The van der Waals surface area contributed by atoms with E-state index >= 15 is 0 Å². The lowest BCUT2D eigenvalue weighted by molar-refractivity contribution is -0.306. The van der Waals surface area contributed by atoms with Gasteiger partial charge in [0.1, 0.15) is 23.1 Å². The van der Waals surface area contributed by atoms with Crippen LogP contribution in [0.25, 0.3) is 5.57 Å². The maximum absolute atomic E-state index is 14.5. The van der Waals surface area contributed by atoms with Gasteiger partial charge in [-0.2, -0.15) is 8.78 Å². The predicted molar refractivity (Wildman–Crippen MR) is 91.3 cm³/mol. The fraction of sp³-hybridized carbons (Fsp3) is 0.200. The van der Waals surface area contributed by atoms with Crippen LogP contribution in [0, 0.1) is 11.6 Å². The van der Waals surface area contributed by atoms with Gasteiger partial charge >= 0.3 is 12.3 Å². The van der Waals surface area contributed by atoms with Crippen molar-refractivity contribution in [1.82, 2.24) is 4.98 Å². The molecule has 1 aliphatic carbocycles. The zero-order chi connectivity index (χ0) is 22.1. The van der Waals surface area contributed by atoms with E-state index in [4.69, 9.17) is 0 Å². The van der Waals surface area contributed by atoms with Gasteiger partial charge in [0.25, 0.3) is 0 Å². The molecule has 10 heteroatoms. The average Bonchev–Trinajstić information content (AvgIpc) is 2.67. The topological polar surface area (TPSA) is 39.2 Å². The number of ether oxygens (including phenoxy) is 1. The second kappa shape index (κ2) is 7.92. The van der Waals surface area contributed by atoms with Gasteiger partial charge in [-0.1, -0.05) is 12.1 Å². The van der Waals surface area contributed by atoms with Crippen molar-refractivity contribution in [3.63, 3.8) is 0 Å². The molecule has 0 saturated heterocycles. The molecule has 1 aromatic heterocycles. The van der Waals surface area contributed by atoms with Crippen LogP contribution >= 0.6 is 0 Å². The lowest BCUT2D eigenvalue weighted by Crippen LogP contribution is -2.28. The minimum atomic E-state index is -4.80. The molecule has 0 bridgehead atoms. The second-order valence-electron chi connectivity index (χ2n) is 6.33. The number of pyridine rings is 1. The summed E-state index contributed by atoms with van der Waals surface area (Å²) in [5.74, 6) is -8.78. The second-order valence-corrected chi connectivity index (χ2v) is 6.33. The SMILES string of the molecule is O=C(c1ccc(F)cc1F)C(F)(F)c1ccc(C2=CC=C(OC(F)(F)F)CC2)cn1. The Morgan fingerprint density at radius 2 is 1.70 bits per heavy atom. The van der Waals surface area contributed by atoms with Crippen molar-refractivity contribution in [2.45, 2.75) is 25.1 Å². The quantitative estimate of drug-likeness (QED) is 0.435. The van der Waals surface area contributed by atoms with Crippen molar-refractivity contribution in [3.05, 3.63) is 82.9 Å². The summed E-state index contributed by atoms with van der Waals surface area (Å²) in [5, 5.41) is 0. The van der Waals surface area contributed by atoms with Crippen LogP contribution in [-0.2, 0) is 10.7 Å². The summed E-state index contributed by atoms with van der Waals surface area (Å²) in [4.78, 5) is 15.6. The molecule has 0 unspecified atom stereocenters. The number of rotatable bonds is 5. The molecule has 1 heterocycles. The highest BCUT2D eigenvalue weighted by Crippen LogP contribution is 2.34. The van der Waals surface area contributed by atoms with E-state index in [1.807, 2.05) is 0 Å². The number of carbonyl (C=O) groups excluding carboxylic acids is 1. The lowest BCUT2D eigenvalue weighted by atomic mass is 9.96. The summed E-state index contributed by atoms with van der Waals surface area (Å²) in [6.45, 7) is 0. The van der Waals surface area contributed by atoms with Crippen LogP contribution in [-0.4, -0.2) is 17.1 Å². The van der Waals surface area contributed by atoms with E-state index in [-0.39, 0.29) is 18.6 Å². The zero-order valence-electron chi connectivity index (χ0n) is 14.9. The van der Waals surface area contributed by atoms with Crippen molar-refractivity contribution in [2.24, 2.45) is 0 Å². The molecule has 1 aliphatic rings. The number of halogens is 7. The third-order valence-corrected chi connectivity index (χ3v) is 4.27. The Hall–Kier alpha value is -3.17. The van der Waals surface area contributed by atoms with Gasteiger partial charge in [-0.05, 0) is 41.8 Å². The van der Waals surface area contributed by atoms with Crippen LogP contribution in [0.1, 0.15) is 34.5 Å². The summed E-state index contributed by atoms with van der Waals surface area (Å²) in [6, 6.07) is 3.71. The third kappa shape index (κ3) is 4.69. The van der Waals surface area contributed by atoms with Crippen molar-refractivity contribution >= 4 is 11.4 Å². The van der Waals surface area contributed by atoms with Crippen molar-refractivity contribution < 1.29 is 40.3 Å². The largest absolute Gasteiger partial charge is 0.572 e. The molecule has 0 aliphatic heterocycles. The molecule has 0 atom stereocenters. The number of alkyl halides is 5. The molecule has 0 N–H and O–H groups in total. The van der Waals surface area contributed by atoms with Crippen LogP contribution in [0.2, 0.25) is 0 Å². The van der Waals surface area contributed by atoms with E-state index < -0.39 is 41.0 Å². The lowest BCUT2D eigenvalue weighted by Gasteiger charge is -2.18. The van der Waals surface area contributed by atoms with E-state index in [1.54, 1.807) is 0 Å². The Balaban J connectivity index is 1.80. The third-order valence-electron chi connectivity index (χ3n) is 4.27. The van der Waals surface area contributed by atoms with E-state index in [2.05, 4.69) is 9.72 Å². The molecular formula is C20H12F7NO2. The molecule has 158 valence electrons. The van der Waals surface area contributed by atoms with Gasteiger partial charge in [0.15, 0.2) is 0 Å². The monoisotopic (exact) mass is 431 g/mol. The number of carbonyl (C=O) groups is 1. The van der Waals surface area contributed by atoms with Crippen LogP contribution < -0.4 is 0 Å². The number of ketones is 1. The van der Waals surface area contributed by atoms with Crippen molar-refractivity contribution in [1.29, 1.82) is 0 Å². The van der Waals surface area contributed by atoms with Gasteiger partial charge < -0.3 is 4.74 Å². The summed E-state index contributed by atoms with van der Waals surface area (Å²) >= 11 is 0. The maximum atomic E-state index is 14.5. The van der Waals surface area contributed by atoms with Gasteiger partial charge in [0, 0.05) is 18.7 Å². The molecule has 0 radical (unpaired) electrons. The number of benzene rings is 1. The molecule has 30 heavy (non-hydrogen) atoms. The first-order valence-corrected chi connectivity index (χ1v) is 8.47. The summed E-state index contributed by atoms with van der Waals surface area (Å²) in [7, 11) is 0. The fourth-order valence-electron chi connectivity index (χ4n) is 2.82. The van der Waals surface area contributed by atoms with Crippen LogP contribution in [0.3, 0.4) is 0 Å². The molecule has 0 saturated carbocycles. The molecule has 0 spiro atoms. The Morgan fingerprint density at radius 1 is 0.967 bits per heavy atom. The van der Waals surface area contributed by atoms with E-state index in [0.717, 1.165) is 18.3 Å². The number of allylic oxidation sites excluding steroid dienone is 4. The standard InChI is InChI=1S/C20H12F7NO2/c21-13-4-7-15(16(22)9-13)18(29)19(23,24)17-8-3-12(10-28-17)11-1-5-14(6-2-11)30-20(25,26)27/h1,3-5,7-10H,2,6H2. The highest BCUT2D eigenvalue weighted by atomic mass is 19.4. The number of hydrogen-bond donors (Lipinski definition) is 0. The van der Waals surface area contributed by atoms with Crippen LogP contribution in [0.5, 0.6) is 0 Å². The number of hydrogen-bond acceptors (Lipinski definition) is 3. The van der Waals surface area contributed by atoms with E-state index in [9.17, 15) is 35.5 Å². The van der Waals surface area contributed by atoms with Crippen LogP contribution in [0.4, 0.5) is 30.7 Å². The molecule has 3 nitrogen and oxygen atoms in total. The van der Waals surface area contributed by atoms with E-state index in [0.29, 0.717) is 29.3 Å². The van der Waals surface area contributed by atoms with Crippen molar-refractivity contribution in [3.8, 4) is 0 Å². The summed E-state index contributed by atoms with van der Waals surface area (Å²) in [5.41, 5.74) is -1.04. The molecule has 0 amide bonds. The predicted octanol–water partition coefficient (Wildman–Crippen LogP) is 5.93. The Morgan fingerprint density at radius 3 is 2.23 bits per heavy atom. The zero-order valence-corrected chi connectivity index (χ0v) is 14.9. The number of nitrogens with zero attached hydrogens (tertiary/aromatic N) is 1. The minimum absolute atomic E-state index is 0.0500. The minimum Gasteiger partial charge on any atom is -0.410 e. The number of aromatic nitrogens is 1. The van der Waals surface area contributed by atoms with Gasteiger partial charge in [0.2, 0.25) is 5.78 Å². The molecule has 0 fully saturated rings. The molecule has 2 aromatic rings. The Kier molecular flexibility index (Phi) is 5.69. The Bertz CT molecular complexity index is 1020. The van der Waals surface area contributed by atoms with Gasteiger partial charge in [-0.3, -0.25) is 9.78 Å². The van der Waals surface area contributed by atoms with Crippen molar-refractivity contribution in [2.75, 3.05) is 0 Å². The summed E-state index contributed by atoms with van der Waals surface area (Å²) in [6.07, 6.45) is -1.20. The first-order chi connectivity index (χ1) is 14.0. The maximum Gasteiger partial charge on any atom is 0.572 e. The highest BCUT2D eigenvalue weighted by Gasteiger charge is 2.44. The Labute approximate surface area is 165 Å². The molecular weight excluding hydrogens is 419 g/mol. The average molecular weight is 431 g/mol. The number of Topliss-reactive ketones (excluding diaryl/α,β-unsaturated/α-hetero) is 1. The van der Waals surface area contributed by atoms with Gasteiger partial charge in [-0.25, -0.2) is 8.78 Å². The fourth-order valence-corrected chi connectivity index (χ4v) is 2.82. The molecule has 1 aromatic carbocycles. The molecule has 3 rings (SSSR count). The van der Waals surface area contributed by atoms with E-state index in [1.165, 1.54) is 12.1 Å². The first-order valence-electron chi connectivity index (χ1n) is 8.47. The van der Waals surface area contributed by atoms with Gasteiger partial charge in [-0.15, -0.1) is 13.2 Å². The van der Waals surface area contributed by atoms with Crippen LogP contribution in [0.15, 0.2) is 54.4 Å². The summed E-state index contributed by atoms with van der Waals surface area (Å²) < 4.78 is 96.0. The van der Waals surface area contributed by atoms with Gasteiger partial charge in [0.05, 0.1) is 5.56 Å². The normalized spacial score (nSPS) is 14.8. The first kappa shape index (κ1) is 21.5. The highest BCUT2D eigenvalue weighted by molar-refractivity contribution is 6.01. The smallest absolute Gasteiger partial charge is 0.410 e.